The van der Waals surface area contributed by atoms with Gasteiger partial charge in [-0.1, -0.05) is 24.4 Å². The van der Waals surface area contributed by atoms with Crippen molar-refractivity contribution in [2.45, 2.75) is 82.7 Å². The number of amides is 2. The molecule has 144 valence electrons. The van der Waals surface area contributed by atoms with E-state index in [2.05, 4.69) is 20.8 Å². The van der Waals surface area contributed by atoms with Crippen LogP contribution in [0.25, 0.3) is 0 Å². The normalized spacial score (nSPS) is 25.4. The molecule has 2 aliphatic rings. The number of urea groups is 1. The summed E-state index contributed by atoms with van der Waals surface area (Å²) in [6, 6.07) is -0.637. The molecule has 1 aromatic rings. The van der Waals surface area contributed by atoms with E-state index in [1.165, 1.54) is 19.3 Å². The summed E-state index contributed by atoms with van der Waals surface area (Å²) in [7, 11) is 0. The van der Waals surface area contributed by atoms with E-state index in [0.717, 1.165) is 18.7 Å². The Hall–Kier alpha value is -2.12. The van der Waals surface area contributed by atoms with E-state index in [-0.39, 0.29) is 24.0 Å². The largest absolute Gasteiger partial charge is 0.481 e. The number of aliphatic carboxylic acids is 1. The van der Waals surface area contributed by atoms with Crippen LogP contribution >= 0.6 is 0 Å². The minimum Gasteiger partial charge on any atom is -0.481 e. The van der Waals surface area contributed by atoms with Crippen LogP contribution in [0.2, 0.25) is 0 Å². The summed E-state index contributed by atoms with van der Waals surface area (Å²) < 4.78 is 5.34. The first kappa shape index (κ1) is 18.7. The Morgan fingerprint density at radius 1 is 1.12 bits per heavy atom. The summed E-state index contributed by atoms with van der Waals surface area (Å²) in [6.07, 6.45) is 8.45. The summed E-state index contributed by atoms with van der Waals surface area (Å²) in [4.78, 5) is 27.6. The highest BCUT2D eigenvalue weighted by Gasteiger charge is 2.28. The second-order valence-corrected chi connectivity index (χ2v) is 7.55. The summed E-state index contributed by atoms with van der Waals surface area (Å²) in [6.45, 7) is 1.82. The lowest BCUT2D eigenvalue weighted by atomic mass is 9.86. The van der Waals surface area contributed by atoms with E-state index in [9.17, 15) is 9.59 Å². The van der Waals surface area contributed by atoms with Gasteiger partial charge in [0, 0.05) is 12.0 Å². The van der Waals surface area contributed by atoms with Crippen molar-refractivity contribution in [2.75, 3.05) is 0 Å². The second-order valence-electron chi connectivity index (χ2n) is 7.55. The van der Waals surface area contributed by atoms with Gasteiger partial charge in [-0.3, -0.25) is 4.79 Å². The Labute approximate surface area is 153 Å². The first-order valence-electron chi connectivity index (χ1n) is 9.66. The van der Waals surface area contributed by atoms with Crippen LogP contribution < -0.4 is 10.6 Å². The zero-order valence-electron chi connectivity index (χ0n) is 15.2. The highest BCUT2D eigenvalue weighted by atomic mass is 16.5. The molecule has 0 radical (unpaired) electrons. The third-order valence-electron chi connectivity index (χ3n) is 5.56. The van der Waals surface area contributed by atoms with Gasteiger partial charge in [-0.05, 0) is 45.4 Å². The van der Waals surface area contributed by atoms with Crippen molar-refractivity contribution in [3.05, 3.63) is 11.7 Å². The average Bonchev–Trinajstić information content (AvgIpc) is 3.13. The van der Waals surface area contributed by atoms with Crippen LogP contribution in [0, 0.1) is 5.92 Å². The molecule has 26 heavy (non-hydrogen) atoms. The van der Waals surface area contributed by atoms with E-state index in [0.29, 0.717) is 37.5 Å². The summed E-state index contributed by atoms with van der Waals surface area (Å²) >= 11 is 0. The van der Waals surface area contributed by atoms with Crippen LogP contribution in [0.15, 0.2) is 4.52 Å². The van der Waals surface area contributed by atoms with E-state index >= 15 is 0 Å². The van der Waals surface area contributed by atoms with Crippen molar-refractivity contribution < 1.29 is 19.2 Å². The lowest BCUT2D eigenvalue weighted by Crippen LogP contribution is -2.44. The van der Waals surface area contributed by atoms with Crippen LogP contribution in [0.4, 0.5) is 4.79 Å². The summed E-state index contributed by atoms with van der Waals surface area (Å²) in [5.41, 5.74) is 0. The number of nitrogens with zero attached hydrogens (tertiary/aromatic N) is 2. The number of hydrogen-bond acceptors (Lipinski definition) is 5. The predicted molar refractivity (Wildman–Crippen MR) is 93.6 cm³/mol. The van der Waals surface area contributed by atoms with Gasteiger partial charge in [-0.25, -0.2) is 4.79 Å². The standard InChI is InChI=1S/C18H28N4O4/c1-11(16-21-15(22-26-16)12-5-3-2-4-6-12)19-18(25)20-14-9-7-13(8-10-14)17(23)24/h11-14H,2-10H2,1H3,(H,23,24)(H2,19,20,25). The molecule has 3 N–H and O–H groups in total. The minimum absolute atomic E-state index is 0.0123. The highest BCUT2D eigenvalue weighted by molar-refractivity contribution is 5.74. The smallest absolute Gasteiger partial charge is 0.315 e. The molecule has 1 heterocycles. The van der Waals surface area contributed by atoms with Crippen LogP contribution in [-0.4, -0.2) is 33.3 Å². The maximum absolute atomic E-state index is 12.2. The zero-order valence-corrected chi connectivity index (χ0v) is 15.2. The number of hydrogen-bond donors (Lipinski definition) is 3. The Morgan fingerprint density at radius 2 is 1.81 bits per heavy atom. The SMILES string of the molecule is CC(NC(=O)NC1CCC(C(=O)O)CC1)c1nc(C2CCCCC2)no1. The van der Waals surface area contributed by atoms with E-state index in [4.69, 9.17) is 9.63 Å². The minimum atomic E-state index is -0.744. The molecule has 2 amide bonds. The number of carbonyl (C=O) groups excluding carboxylic acids is 1. The topological polar surface area (TPSA) is 117 Å². The fourth-order valence-electron chi connectivity index (χ4n) is 3.92. The lowest BCUT2D eigenvalue weighted by molar-refractivity contribution is -0.142. The van der Waals surface area contributed by atoms with E-state index < -0.39 is 5.97 Å². The molecular weight excluding hydrogens is 336 g/mol. The Bertz CT molecular complexity index is 618. The number of rotatable bonds is 5. The van der Waals surface area contributed by atoms with Crippen LogP contribution in [0.3, 0.4) is 0 Å². The molecule has 1 atom stereocenters. The zero-order chi connectivity index (χ0) is 18.5. The monoisotopic (exact) mass is 364 g/mol. The summed E-state index contributed by atoms with van der Waals surface area (Å²) in [5, 5.41) is 18.9. The van der Waals surface area contributed by atoms with Gasteiger partial charge in [0.05, 0.1) is 5.92 Å². The van der Waals surface area contributed by atoms with Gasteiger partial charge < -0.3 is 20.3 Å². The predicted octanol–water partition coefficient (Wildman–Crippen LogP) is 3.12. The average molecular weight is 364 g/mol. The third kappa shape index (κ3) is 4.74. The van der Waals surface area contributed by atoms with Crippen molar-refractivity contribution in [3.63, 3.8) is 0 Å². The number of nitrogens with one attached hydrogen (secondary N) is 2. The van der Waals surface area contributed by atoms with E-state index in [1.807, 2.05) is 6.92 Å². The maximum Gasteiger partial charge on any atom is 0.315 e. The van der Waals surface area contributed by atoms with Crippen LogP contribution in [-0.2, 0) is 4.79 Å². The molecule has 0 spiro atoms. The van der Waals surface area contributed by atoms with Crippen LogP contribution in [0.1, 0.15) is 88.4 Å². The van der Waals surface area contributed by atoms with Crippen molar-refractivity contribution in [1.82, 2.24) is 20.8 Å². The molecule has 8 nitrogen and oxygen atoms in total. The first-order valence-corrected chi connectivity index (χ1v) is 9.66. The first-order chi connectivity index (χ1) is 12.5. The maximum atomic E-state index is 12.2. The number of carboxylic acids is 1. The molecule has 1 aromatic heterocycles. The summed E-state index contributed by atoms with van der Waals surface area (Å²) in [5.74, 6) is 0.515. The fourth-order valence-corrected chi connectivity index (χ4v) is 3.92. The molecule has 2 fully saturated rings. The van der Waals surface area contributed by atoms with Gasteiger partial charge >= 0.3 is 12.0 Å². The van der Waals surface area contributed by atoms with Crippen molar-refractivity contribution in [1.29, 1.82) is 0 Å². The Balaban J connectivity index is 1.45. The Morgan fingerprint density at radius 3 is 2.46 bits per heavy atom. The van der Waals surface area contributed by atoms with Crippen molar-refractivity contribution in [3.8, 4) is 0 Å². The van der Waals surface area contributed by atoms with Gasteiger partial charge in [-0.2, -0.15) is 4.98 Å². The number of carboxylic acid groups (broad SMARTS) is 1. The molecule has 0 bridgehead atoms. The van der Waals surface area contributed by atoms with Crippen LogP contribution in [0.5, 0.6) is 0 Å². The quantitative estimate of drug-likeness (QED) is 0.739. The molecule has 2 saturated carbocycles. The number of aromatic nitrogens is 2. The molecule has 0 aliphatic heterocycles. The fraction of sp³-hybridized carbons (Fsp3) is 0.778. The Kier molecular flexibility index (Phi) is 6.11. The second kappa shape index (κ2) is 8.51. The molecule has 0 saturated heterocycles. The molecule has 3 rings (SSSR count). The lowest BCUT2D eigenvalue weighted by Gasteiger charge is -2.27. The van der Waals surface area contributed by atoms with Gasteiger partial charge in [0.2, 0.25) is 5.89 Å². The molecule has 0 aromatic carbocycles. The van der Waals surface area contributed by atoms with E-state index in [1.54, 1.807) is 0 Å². The highest BCUT2D eigenvalue weighted by Crippen LogP contribution is 2.31. The third-order valence-corrected chi connectivity index (χ3v) is 5.56. The molecule has 2 aliphatic carbocycles. The van der Waals surface area contributed by atoms with Crippen molar-refractivity contribution in [2.24, 2.45) is 5.92 Å². The van der Waals surface area contributed by atoms with Crippen molar-refractivity contribution >= 4 is 12.0 Å². The van der Waals surface area contributed by atoms with Gasteiger partial charge in [0.1, 0.15) is 6.04 Å². The molecule has 1 unspecified atom stereocenters. The molecular formula is C18H28N4O4. The van der Waals surface area contributed by atoms with Gasteiger partial charge in [0.15, 0.2) is 5.82 Å². The van der Waals surface area contributed by atoms with Gasteiger partial charge in [0.25, 0.3) is 0 Å². The number of carbonyl (C=O) groups is 2. The molecule has 8 heteroatoms. The van der Waals surface area contributed by atoms with Gasteiger partial charge in [-0.15, -0.1) is 0 Å².